The van der Waals surface area contributed by atoms with Crippen molar-refractivity contribution in [2.75, 3.05) is 23.0 Å². The number of nitrogens with two attached hydrogens (primary N) is 1. The number of benzene rings is 1. The molecule has 2 aromatic rings. The number of nitrogens with zero attached hydrogens (tertiary/aromatic N) is 4. The van der Waals surface area contributed by atoms with Crippen LogP contribution < -0.4 is 16.3 Å². The first-order chi connectivity index (χ1) is 10.9. The molecule has 2 N–H and O–H groups in total. The minimum atomic E-state index is -0.458. The number of anilines is 1. The Hall–Kier alpha value is -2.42. The minimum Gasteiger partial charge on any atom is -0.334 e. The lowest BCUT2D eigenvalue weighted by Crippen LogP contribution is -2.34. The number of hydrogen-bond acceptors (Lipinski definition) is 6. The van der Waals surface area contributed by atoms with Gasteiger partial charge in [0.15, 0.2) is 0 Å². The molecular weight excluding hydrogens is 321 g/mol. The van der Waals surface area contributed by atoms with E-state index in [-0.39, 0.29) is 28.3 Å². The van der Waals surface area contributed by atoms with Crippen LogP contribution in [0.2, 0.25) is 0 Å². The van der Waals surface area contributed by atoms with Crippen molar-refractivity contribution in [2.45, 2.75) is 19.0 Å². The molecule has 7 nitrogen and oxygen atoms in total. The summed E-state index contributed by atoms with van der Waals surface area (Å²) in [6.45, 7) is 3.75. The van der Waals surface area contributed by atoms with E-state index in [1.54, 1.807) is 0 Å². The summed E-state index contributed by atoms with van der Waals surface area (Å²) in [6.07, 6.45) is 0. The molecule has 1 heterocycles. The SMILES string of the molecule is CCN(C(=O)CSc1nnc(C)c(=O)n1N)c1ccc(F)cc1. The molecule has 0 radical (unpaired) electrons. The number of rotatable bonds is 5. The third kappa shape index (κ3) is 3.86. The van der Waals surface area contributed by atoms with Crippen LogP contribution in [0.15, 0.2) is 34.2 Å². The van der Waals surface area contributed by atoms with Crippen LogP contribution in [0.1, 0.15) is 12.6 Å². The zero-order chi connectivity index (χ0) is 17.0. The molecule has 0 fully saturated rings. The topological polar surface area (TPSA) is 94.1 Å². The van der Waals surface area contributed by atoms with Gasteiger partial charge in [-0.25, -0.2) is 4.39 Å². The number of halogens is 1. The summed E-state index contributed by atoms with van der Waals surface area (Å²) in [5, 5.41) is 7.67. The third-order valence-electron chi connectivity index (χ3n) is 3.10. The van der Waals surface area contributed by atoms with Crippen LogP contribution in [0.4, 0.5) is 10.1 Å². The smallest absolute Gasteiger partial charge is 0.294 e. The average molecular weight is 337 g/mol. The van der Waals surface area contributed by atoms with Crippen LogP contribution in [0.5, 0.6) is 0 Å². The lowest BCUT2D eigenvalue weighted by molar-refractivity contribution is -0.116. The second-order valence-corrected chi connectivity index (χ2v) is 5.59. The van der Waals surface area contributed by atoms with Gasteiger partial charge in [-0.05, 0) is 38.1 Å². The summed E-state index contributed by atoms with van der Waals surface area (Å²) in [5.74, 6) is 5.07. The number of thioether (sulfide) groups is 1. The second-order valence-electron chi connectivity index (χ2n) is 4.65. The summed E-state index contributed by atoms with van der Waals surface area (Å²) in [7, 11) is 0. The molecule has 1 aromatic carbocycles. The van der Waals surface area contributed by atoms with E-state index in [1.807, 2.05) is 6.92 Å². The standard InChI is InChI=1S/C14H16FN5O2S/c1-3-19(11-6-4-10(15)5-7-11)12(21)8-23-14-18-17-9(2)13(22)20(14)16/h4-7H,3,8,16H2,1-2H3. The largest absolute Gasteiger partial charge is 0.334 e. The van der Waals surface area contributed by atoms with Crippen LogP contribution in [-0.4, -0.2) is 33.1 Å². The molecule has 0 unspecified atom stereocenters. The predicted molar refractivity (Wildman–Crippen MR) is 86.3 cm³/mol. The molecule has 1 aromatic heterocycles. The van der Waals surface area contributed by atoms with Crippen molar-refractivity contribution in [1.82, 2.24) is 14.9 Å². The van der Waals surface area contributed by atoms with Gasteiger partial charge in [-0.15, -0.1) is 10.2 Å². The van der Waals surface area contributed by atoms with Crippen molar-refractivity contribution in [3.05, 3.63) is 46.1 Å². The number of aryl methyl sites for hydroxylation is 1. The number of aromatic nitrogens is 3. The molecule has 0 saturated carbocycles. The highest BCUT2D eigenvalue weighted by atomic mass is 32.2. The zero-order valence-corrected chi connectivity index (χ0v) is 13.5. The summed E-state index contributed by atoms with van der Waals surface area (Å²) >= 11 is 1.02. The fourth-order valence-electron chi connectivity index (χ4n) is 1.90. The lowest BCUT2D eigenvalue weighted by Gasteiger charge is -2.20. The van der Waals surface area contributed by atoms with Crippen LogP contribution in [0, 0.1) is 12.7 Å². The average Bonchev–Trinajstić information content (AvgIpc) is 2.54. The fraction of sp³-hybridized carbons (Fsp3) is 0.286. The Balaban J connectivity index is 2.10. The van der Waals surface area contributed by atoms with Crippen molar-refractivity contribution in [3.8, 4) is 0 Å². The Bertz CT molecular complexity index is 763. The molecule has 0 aliphatic rings. The molecule has 0 aliphatic carbocycles. The van der Waals surface area contributed by atoms with Gasteiger partial charge in [0.2, 0.25) is 11.1 Å². The molecule has 9 heteroatoms. The third-order valence-corrected chi connectivity index (χ3v) is 4.03. The summed E-state index contributed by atoms with van der Waals surface area (Å²) in [5.41, 5.74) is 0.324. The number of amides is 1. The van der Waals surface area contributed by atoms with Crippen molar-refractivity contribution >= 4 is 23.4 Å². The Kier molecular flexibility index (Phi) is 5.32. The van der Waals surface area contributed by atoms with Crippen molar-refractivity contribution < 1.29 is 9.18 Å². The number of nitrogen functional groups attached to an aromatic ring is 1. The fourth-order valence-corrected chi connectivity index (χ4v) is 2.63. The molecule has 0 atom stereocenters. The van der Waals surface area contributed by atoms with Gasteiger partial charge in [0.1, 0.15) is 11.5 Å². The molecule has 0 aliphatic heterocycles. The Morgan fingerprint density at radius 2 is 2.00 bits per heavy atom. The number of carbonyl (C=O) groups is 1. The molecule has 1 amide bonds. The van der Waals surface area contributed by atoms with Gasteiger partial charge in [0.25, 0.3) is 5.56 Å². The number of carbonyl (C=O) groups excluding carboxylic acids is 1. The van der Waals surface area contributed by atoms with Gasteiger partial charge in [0.05, 0.1) is 5.75 Å². The van der Waals surface area contributed by atoms with E-state index < -0.39 is 5.56 Å². The molecule has 122 valence electrons. The first-order valence-electron chi connectivity index (χ1n) is 6.84. The van der Waals surface area contributed by atoms with Crippen molar-refractivity contribution in [1.29, 1.82) is 0 Å². The molecule has 0 bridgehead atoms. The molecule has 23 heavy (non-hydrogen) atoms. The minimum absolute atomic E-state index is 0.0274. The maximum Gasteiger partial charge on any atom is 0.294 e. The van der Waals surface area contributed by atoms with E-state index in [4.69, 9.17) is 5.84 Å². The van der Waals surface area contributed by atoms with Gasteiger partial charge in [0, 0.05) is 12.2 Å². The van der Waals surface area contributed by atoms with E-state index in [9.17, 15) is 14.0 Å². The van der Waals surface area contributed by atoms with Gasteiger partial charge < -0.3 is 10.7 Å². The van der Waals surface area contributed by atoms with Crippen LogP contribution >= 0.6 is 11.8 Å². The summed E-state index contributed by atoms with van der Waals surface area (Å²) < 4.78 is 13.8. The van der Waals surface area contributed by atoms with E-state index in [2.05, 4.69) is 10.2 Å². The Morgan fingerprint density at radius 1 is 1.35 bits per heavy atom. The Morgan fingerprint density at radius 3 is 2.61 bits per heavy atom. The van der Waals surface area contributed by atoms with Crippen molar-refractivity contribution in [3.63, 3.8) is 0 Å². The quantitative estimate of drug-likeness (QED) is 0.645. The van der Waals surface area contributed by atoms with Crippen LogP contribution in [0.25, 0.3) is 0 Å². The Labute approximate surface area is 136 Å². The molecule has 2 rings (SSSR count). The first-order valence-corrected chi connectivity index (χ1v) is 7.82. The van der Waals surface area contributed by atoms with E-state index in [0.717, 1.165) is 16.4 Å². The molecular formula is C14H16FN5O2S. The second kappa shape index (κ2) is 7.23. The van der Waals surface area contributed by atoms with Gasteiger partial charge >= 0.3 is 0 Å². The molecule has 0 saturated heterocycles. The lowest BCUT2D eigenvalue weighted by atomic mass is 10.3. The van der Waals surface area contributed by atoms with E-state index >= 15 is 0 Å². The number of hydrogen-bond donors (Lipinski definition) is 1. The predicted octanol–water partition coefficient (Wildman–Crippen LogP) is 0.945. The highest BCUT2D eigenvalue weighted by Gasteiger charge is 2.16. The van der Waals surface area contributed by atoms with Gasteiger partial charge in [-0.3, -0.25) is 9.59 Å². The van der Waals surface area contributed by atoms with Gasteiger partial charge in [-0.2, -0.15) is 4.68 Å². The molecule has 0 spiro atoms. The van der Waals surface area contributed by atoms with Crippen LogP contribution in [-0.2, 0) is 4.79 Å². The maximum atomic E-state index is 13.0. The maximum absolute atomic E-state index is 13.0. The monoisotopic (exact) mass is 337 g/mol. The van der Waals surface area contributed by atoms with E-state index in [0.29, 0.717) is 12.2 Å². The van der Waals surface area contributed by atoms with Crippen molar-refractivity contribution in [2.24, 2.45) is 0 Å². The van der Waals surface area contributed by atoms with E-state index in [1.165, 1.54) is 36.1 Å². The summed E-state index contributed by atoms with van der Waals surface area (Å²) in [6, 6.07) is 5.65. The summed E-state index contributed by atoms with van der Waals surface area (Å²) in [4.78, 5) is 25.5. The normalized spacial score (nSPS) is 10.6. The highest BCUT2D eigenvalue weighted by molar-refractivity contribution is 7.99. The van der Waals surface area contributed by atoms with Crippen LogP contribution in [0.3, 0.4) is 0 Å². The zero-order valence-electron chi connectivity index (χ0n) is 12.7. The highest BCUT2D eigenvalue weighted by Crippen LogP contribution is 2.18. The first kappa shape index (κ1) is 16.9. The van der Waals surface area contributed by atoms with Gasteiger partial charge in [-0.1, -0.05) is 11.8 Å².